The van der Waals surface area contributed by atoms with Crippen LogP contribution in [-0.4, -0.2) is 38.7 Å². The Morgan fingerprint density at radius 1 is 1.30 bits per heavy atom. The fourth-order valence-electron chi connectivity index (χ4n) is 4.06. The van der Waals surface area contributed by atoms with Crippen LogP contribution in [0.1, 0.15) is 55.3 Å². The van der Waals surface area contributed by atoms with Crippen molar-refractivity contribution in [1.82, 2.24) is 19.7 Å². The number of carbonyl (C=O) groups is 1. The van der Waals surface area contributed by atoms with Gasteiger partial charge in [0.1, 0.15) is 18.2 Å². The number of fused-ring (bicyclic) bond motifs is 1. The molecule has 3 aromatic rings. The predicted octanol–water partition coefficient (Wildman–Crippen LogP) is 3.86. The van der Waals surface area contributed by atoms with Crippen molar-refractivity contribution in [3.8, 4) is 0 Å². The summed E-state index contributed by atoms with van der Waals surface area (Å²) < 4.78 is 7.63. The first-order chi connectivity index (χ1) is 13.0. The van der Waals surface area contributed by atoms with E-state index in [1.165, 1.54) is 11.1 Å². The van der Waals surface area contributed by atoms with E-state index in [0.717, 1.165) is 42.5 Å². The molecule has 6 heteroatoms. The number of hydrogen-bond donors (Lipinski definition) is 0. The van der Waals surface area contributed by atoms with E-state index in [1.807, 2.05) is 9.58 Å². The van der Waals surface area contributed by atoms with Gasteiger partial charge in [0.25, 0.3) is 0 Å². The molecular formula is C21H26N4O2. The zero-order valence-corrected chi connectivity index (χ0v) is 16.2. The van der Waals surface area contributed by atoms with Crippen LogP contribution in [0.5, 0.6) is 0 Å². The number of furan rings is 1. The third-order valence-electron chi connectivity index (χ3n) is 5.63. The van der Waals surface area contributed by atoms with Crippen LogP contribution < -0.4 is 0 Å². The van der Waals surface area contributed by atoms with Gasteiger partial charge in [0.15, 0.2) is 0 Å². The van der Waals surface area contributed by atoms with Crippen molar-refractivity contribution in [1.29, 1.82) is 0 Å². The molecule has 1 fully saturated rings. The highest BCUT2D eigenvalue weighted by molar-refractivity contribution is 5.88. The van der Waals surface area contributed by atoms with Crippen molar-refractivity contribution in [2.24, 2.45) is 0 Å². The molecule has 1 amide bonds. The van der Waals surface area contributed by atoms with Gasteiger partial charge in [-0.25, -0.2) is 9.67 Å². The fourth-order valence-corrected chi connectivity index (χ4v) is 4.06. The van der Waals surface area contributed by atoms with E-state index in [4.69, 9.17) is 4.42 Å². The van der Waals surface area contributed by atoms with E-state index in [-0.39, 0.29) is 5.91 Å². The number of carbonyl (C=O) groups excluding carboxylic acids is 1. The number of nitrogens with zero attached hydrogens (tertiary/aromatic N) is 4. The summed E-state index contributed by atoms with van der Waals surface area (Å²) in [7, 11) is 0. The standard InChI is InChI=1S/C21H26N4O2/c1-14(2)18-10-19-16(11-27-20(19)8-15(18)3)9-21(26)24-6-4-17(5-7-24)25-13-22-12-23-25/h8,10-14,17H,4-7,9H2,1-3H3. The molecule has 3 heterocycles. The first kappa shape index (κ1) is 17.8. The van der Waals surface area contributed by atoms with Gasteiger partial charge in [-0.15, -0.1) is 0 Å². The highest BCUT2D eigenvalue weighted by Crippen LogP contribution is 2.30. The Labute approximate surface area is 159 Å². The van der Waals surface area contributed by atoms with Crippen LogP contribution in [0.2, 0.25) is 0 Å². The monoisotopic (exact) mass is 366 g/mol. The van der Waals surface area contributed by atoms with Gasteiger partial charge in [0.05, 0.1) is 18.7 Å². The molecule has 0 atom stereocenters. The summed E-state index contributed by atoms with van der Waals surface area (Å²) in [5.74, 6) is 0.616. The van der Waals surface area contributed by atoms with Gasteiger partial charge < -0.3 is 9.32 Å². The molecule has 1 aromatic carbocycles. The Bertz CT molecular complexity index is 935. The van der Waals surface area contributed by atoms with Crippen LogP contribution in [0.25, 0.3) is 11.0 Å². The maximum Gasteiger partial charge on any atom is 0.227 e. The largest absolute Gasteiger partial charge is 0.464 e. The van der Waals surface area contributed by atoms with Crippen molar-refractivity contribution in [3.05, 3.63) is 47.7 Å². The smallest absolute Gasteiger partial charge is 0.227 e. The van der Waals surface area contributed by atoms with Crippen LogP contribution in [0.4, 0.5) is 0 Å². The third kappa shape index (κ3) is 3.48. The topological polar surface area (TPSA) is 64.2 Å². The Morgan fingerprint density at radius 3 is 2.74 bits per heavy atom. The minimum atomic E-state index is 0.168. The second kappa shape index (κ2) is 7.18. The lowest BCUT2D eigenvalue weighted by Crippen LogP contribution is -2.39. The predicted molar refractivity (Wildman–Crippen MR) is 104 cm³/mol. The summed E-state index contributed by atoms with van der Waals surface area (Å²) in [5.41, 5.74) is 4.39. The molecule has 0 spiro atoms. The Hall–Kier alpha value is -2.63. The number of amides is 1. The lowest BCUT2D eigenvalue weighted by Gasteiger charge is -2.31. The quantitative estimate of drug-likeness (QED) is 0.703. The van der Waals surface area contributed by atoms with Crippen molar-refractivity contribution in [2.75, 3.05) is 13.1 Å². The van der Waals surface area contributed by atoms with Gasteiger partial charge in [-0.05, 0) is 48.9 Å². The minimum absolute atomic E-state index is 0.168. The highest BCUT2D eigenvalue weighted by atomic mass is 16.3. The van der Waals surface area contributed by atoms with E-state index in [9.17, 15) is 4.79 Å². The van der Waals surface area contributed by atoms with E-state index in [2.05, 4.69) is 43.0 Å². The average Bonchev–Trinajstić information content (AvgIpc) is 3.31. The maximum absolute atomic E-state index is 12.8. The molecule has 0 aliphatic carbocycles. The number of aromatic nitrogens is 3. The van der Waals surface area contributed by atoms with Crippen molar-refractivity contribution in [2.45, 2.75) is 52.0 Å². The average molecular weight is 366 g/mol. The Kier molecular flexibility index (Phi) is 4.72. The number of aryl methyl sites for hydroxylation is 1. The SMILES string of the molecule is Cc1cc2occ(CC(=O)N3CCC(n4cncn4)CC3)c2cc1C(C)C. The van der Waals surface area contributed by atoms with Crippen LogP contribution in [0.15, 0.2) is 35.5 Å². The number of likely N-dealkylation sites (tertiary alicyclic amines) is 1. The van der Waals surface area contributed by atoms with E-state index < -0.39 is 0 Å². The third-order valence-corrected chi connectivity index (χ3v) is 5.63. The number of piperidine rings is 1. The summed E-state index contributed by atoms with van der Waals surface area (Å²) in [6.07, 6.45) is 7.29. The van der Waals surface area contributed by atoms with Crippen LogP contribution in [-0.2, 0) is 11.2 Å². The number of benzene rings is 1. The normalized spacial score (nSPS) is 15.8. The van der Waals surface area contributed by atoms with Crippen molar-refractivity contribution < 1.29 is 9.21 Å². The minimum Gasteiger partial charge on any atom is -0.464 e. The first-order valence-electron chi connectivity index (χ1n) is 9.65. The van der Waals surface area contributed by atoms with Gasteiger partial charge in [0.2, 0.25) is 5.91 Å². The first-order valence-corrected chi connectivity index (χ1v) is 9.65. The van der Waals surface area contributed by atoms with E-state index in [1.54, 1.807) is 18.9 Å². The molecule has 27 heavy (non-hydrogen) atoms. The Morgan fingerprint density at radius 2 is 2.07 bits per heavy atom. The second-order valence-corrected chi connectivity index (χ2v) is 7.78. The molecule has 0 N–H and O–H groups in total. The summed E-state index contributed by atoms with van der Waals surface area (Å²) >= 11 is 0. The molecule has 0 radical (unpaired) electrons. The van der Waals surface area contributed by atoms with Crippen molar-refractivity contribution in [3.63, 3.8) is 0 Å². The van der Waals surface area contributed by atoms with Crippen LogP contribution in [0, 0.1) is 6.92 Å². The van der Waals surface area contributed by atoms with Gasteiger partial charge in [-0.3, -0.25) is 4.79 Å². The van der Waals surface area contributed by atoms with E-state index >= 15 is 0 Å². The molecule has 142 valence electrons. The fraction of sp³-hybridized carbons (Fsp3) is 0.476. The summed E-state index contributed by atoms with van der Waals surface area (Å²) in [6, 6.07) is 4.61. The van der Waals surface area contributed by atoms with E-state index in [0.29, 0.717) is 18.4 Å². The molecule has 0 bridgehead atoms. The van der Waals surface area contributed by atoms with Gasteiger partial charge in [-0.2, -0.15) is 5.10 Å². The molecule has 1 aliphatic heterocycles. The molecule has 1 saturated heterocycles. The zero-order chi connectivity index (χ0) is 19.0. The molecule has 1 aliphatic rings. The summed E-state index contributed by atoms with van der Waals surface area (Å²) in [6.45, 7) is 8.02. The lowest BCUT2D eigenvalue weighted by atomic mass is 9.95. The molecule has 4 rings (SSSR count). The van der Waals surface area contributed by atoms with Gasteiger partial charge in [-0.1, -0.05) is 13.8 Å². The van der Waals surface area contributed by atoms with Crippen molar-refractivity contribution >= 4 is 16.9 Å². The highest BCUT2D eigenvalue weighted by Gasteiger charge is 2.25. The van der Waals surface area contributed by atoms with Gasteiger partial charge >= 0.3 is 0 Å². The Balaban J connectivity index is 1.46. The molecule has 0 unspecified atom stereocenters. The maximum atomic E-state index is 12.8. The molecule has 2 aromatic heterocycles. The van der Waals surface area contributed by atoms with Crippen LogP contribution >= 0.6 is 0 Å². The second-order valence-electron chi connectivity index (χ2n) is 7.78. The summed E-state index contributed by atoms with van der Waals surface area (Å²) in [4.78, 5) is 18.8. The lowest BCUT2D eigenvalue weighted by molar-refractivity contribution is -0.131. The zero-order valence-electron chi connectivity index (χ0n) is 16.2. The molecular weight excluding hydrogens is 340 g/mol. The van der Waals surface area contributed by atoms with Crippen LogP contribution in [0.3, 0.4) is 0 Å². The number of rotatable bonds is 4. The summed E-state index contributed by atoms with van der Waals surface area (Å²) in [5, 5.41) is 5.29. The van der Waals surface area contributed by atoms with Gasteiger partial charge in [0, 0.05) is 24.0 Å². The molecule has 0 saturated carbocycles. The molecule has 6 nitrogen and oxygen atoms in total. The number of hydrogen-bond acceptors (Lipinski definition) is 4.